The molecule has 0 bridgehead atoms. The zero-order chi connectivity index (χ0) is 11.7. The van der Waals surface area contributed by atoms with Crippen LogP contribution in [0.25, 0.3) is 11.1 Å². The Balaban J connectivity index is 2.40. The third-order valence-electron chi connectivity index (χ3n) is 2.54. The van der Waals surface area contributed by atoms with E-state index in [1.165, 1.54) is 5.56 Å². The number of fused-ring (bicyclic) bond motifs is 1. The standard InChI is InChI=1S/C12H17N3O/c1-7-4-8(2)11-10(5-7)15-12(16-11)14-9(3)6-13/h4-5,9H,6,13H2,1-3H3,(H,14,15). The van der Waals surface area contributed by atoms with Crippen molar-refractivity contribution in [1.29, 1.82) is 0 Å². The summed E-state index contributed by atoms with van der Waals surface area (Å²) in [6, 6.07) is 4.81. The van der Waals surface area contributed by atoms with Crippen LogP contribution in [-0.2, 0) is 0 Å². The van der Waals surface area contributed by atoms with Crippen molar-refractivity contribution >= 4 is 17.1 Å². The molecule has 0 spiro atoms. The molecule has 0 aliphatic rings. The van der Waals surface area contributed by atoms with E-state index >= 15 is 0 Å². The SMILES string of the molecule is Cc1cc(C)c2oc(NC(C)CN)nc2c1. The predicted octanol–water partition coefficient (Wildman–Crippen LogP) is 2.20. The Bertz CT molecular complexity index is 504. The summed E-state index contributed by atoms with van der Waals surface area (Å²) in [6.45, 7) is 6.62. The average molecular weight is 219 g/mol. The number of nitrogens with one attached hydrogen (secondary N) is 1. The van der Waals surface area contributed by atoms with Gasteiger partial charge in [0.15, 0.2) is 5.58 Å². The highest BCUT2D eigenvalue weighted by molar-refractivity contribution is 5.78. The van der Waals surface area contributed by atoms with Crippen LogP contribution in [0.15, 0.2) is 16.5 Å². The van der Waals surface area contributed by atoms with E-state index in [4.69, 9.17) is 10.2 Å². The van der Waals surface area contributed by atoms with Crippen molar-refractivity contribution < 1.29 is 4.42 Å². The molecule has 86 valence electrons. The van der Waals surface area contributed by atoms with Crippen LogP contribution in [0.4, 0.5) is 6.01 Å². The van der Waals surface area contributed by atoms with Gasteiger partial charge in [0.05, 0.1) is 0 Å². The highest BCUT2D eigenvalue weighted by atomic mass is 16.4. The minimum absolute atomic E-state index is 0.162. The second-order valence-electron chi connectivity index (χ2n) is 4.23. The molecule has 1 atom stereocenters. The normalized spacial score (nSPS) is 13.0. The lowest BCUT2D eigenvalue weighted by atomic mass is 10.1. The molecular formula is C12H17N3O. The van der Waals surface area contributed by atoms with Crippen molar-refractivity contribution in [3.05, 3.63) is 23.3 Å². The van der Waals surface area contributed by atoms with E-state index in [2.05, 4.69) is 23.3 Å². The number of benzene rings is 1. The minimum Gasteiger partial charge on any atom is -0.423 e. The molecule has 1 unspecified atom stereocenters. The highest BCUT2D eigenvalue weighted by Gasteiger charge is 2.10. The third kappa shape index (κ3) is 2.02. The van der Waals surface area contributed by atoms with Crippen molar-refractivity contribution in [3.63, 3.8) is 0 Å². The van der Waals surface area contributed by atoms with E-state index in [1.54, 1.807) is 0 Å². The first-order valence-electron chi connectivity index (χ1n) is 5.44. The number of rotatable bonds is 3. The summed E-state index contributed by atoms with van der Waals surface area (Å²) in [5, 5.41) is 3.12. The van der Waals surface area contributed by atoms with Crippen molar-refractivity contribution in [1.82, 2.24) is 4.98 Å². The van der Waals surface area contributed by atoms with E-state index in [1.807, 2.05) is 19.9 Å². The molecule has 4 heteroatoms. The maximum absolute atomic E-state index is 5.65. The zero-order valence-electron chi connectivity index (χ0n) is 9.87. The molecule has 4 nitrogen and oxygen atoms in total. The van der Waals surface area contributed by atoms with Crippen molar-refractivity contribution in [2.24, 2.45) is 5.73 Å². The Labute approximate surface area is 94.8 Å². The Morgan fingerprint density at radius 3 is 2.88 bits per heavy atom. The molecule has 1 heterocycles. The second kappa shape index (κ2) is 4.14. The van der Waals surface area contributed by atoms with E-state index in [-0.39, 0.29) is 6.04 Å². The van der Waals surface area contributed by atoms with Gasteiger partial charge in [0.25, 0.3) is 6.01 Å². The molecule has 0 radical (unpaired) electrons. The first kappa shape index (κ1) is 11.0. The van der Waals surface area contributed by atoms with Gasteiger partial charge in [-0.2, -0.15) is 4.98 Å². The van der Waals surface area contributed by atoms with Gasteiger partial charge in [-0.25, -0.2) is 0 Å². The fraction of sp³-hybridized carbons (Fsp3) is 0.417. The third-order valence-corrected chi connectivity index (χ3v) is 2.54. The van der Waals surface area contributed by atoms with E-state index in [0.29, 0.717) is 12.6 Å². The van der Waals surface area contributed by atoms with Crippen LogP contribution in [0.1, 0.15) is 18.1 Å². The first-order chi connectivity index (χ1) is 7.60. The summed E-state index contributed by atoms with van der Waals surface area (Å²) >= 11 is 0. The molecule has 16 heavy (non-hydrogen) atoms. The number of oxazole rings is 1. The Hall–Kier alpha value is -1.55. The van der Waals surface area contributed by atoms with Gasteiger partial charge in [0, 0.05) is 12.6 Å². The van der Waals surface area contributed by atoms with Crippen LogP contribution in [0.3, 0.4) is 0 Å². The summed E-state index contributed by atoms with van der Waals surface area (Å²) < 4.78 is 5.65. The summed E-state index contributed by atoms with van der Waals surface area (Å²) in [5.74, 6) is 0. The highest BCUT2D eigenvalue weighted by Crippen LogP contribution is 2.23. The number of aryl methyl sites for hydroxylation is 2. The Morgan fingerprint density at radius 2 is 2.19 bits per heavy atom. The predicted molar refractivity (Wildman–Crippen MR) is 65.6 cm³/mol. The lowest BCUT2D eigenvalue weighted by Gasteiger charge is -2.07. The molecule has 2 aromatic rings. The minimum atomic E-state index is 0.162. The van der Waals surface area contributed by atoms with Crippen molar-refractivity contribution in [2.75, 3.05) is 11.9 Å². The summed E-state index contributed by atoms with van der Waals surface area (Å²) in [6.07, 6.45) is 0. The largest absolute Gasteiger partial charge is 0.423 e. The van der Waals surface area contributed by atoms with Crippen LogP contribution >= 0.6 is 0 Å². The van der Waals surface area contributed by atoms with Crippen molar-refractivity contribution in [2.45, 2.75) is 26.8 Å². The number of nitrogens with zero attached hydrogens (tertiary/aromatic N) is 1. The molecule has 0 aliphatic carbocycles. The zero-order valence-corrected chi connectivity index (χ0v) is 9.87. The van der Waals surface area contributed by atoms with Crippen LogP contribution in [-0.4, -0.2) is 17.6 Å². The van der Waals surface area contributed by atoms with Crippen molar-refractivity contribution in [3.8, 4) is 0 Å². The van der Waals surface area contributed by atoms with Gasteiger partial charge < -0.3 is 15.5 Å². The lowest BCUT2D eigenvalue weighted by Crippen LogP contribution is -2.25. The summed E-state index contributed by atoms with van der Waals surface area (Å²) in [5.41, 5.74) is 9.57. The van der Waals surface area contributed by atoms with Gasteiger partial charge >= 0.3 is 0 Å². The van der Waals surface area contributed by atoms with Gasteiger partial charge in [-0.3, -0.25) is 0 Å². The first-order valence-corrected chi connectivity index (χ1v) is 5.44. The monoisotopic (exact) mass is 219 g/mol. The molecular weight excluding hydrogens is 202 g/mol. The number of hydrogen-bond acceptors (Lipinski definition) is 4. The summed E-state index contributed by atoms with van der Waals surface area (Å²) in [4.78, 5) is 4.39. The molecule has 0 amide bonds. The van der Waals surface area contributed by atoms with Gasteiger partial charge in [-0.05, 0) is 38.0 Å². The number of aromatic nitrogens is 1. The molecule has 0 fully saturated rings. The molecule has 0 saturated carbocycles. The smallest absolute Gasteiger partial charge is 0.295 e. The topological polar surface area (TPSA) is 64.1 Å². The van der Waals surface area contributed by atoms with E-state index < -0.39 is 0 Å². The molecule has 3 N–H and O–H groups in total. The Kier molecular flexibility index (Phi) is 2.83. The van der Waals surface area contributed by atoms with Crippen LogP contribution in [0.2, 0.25) is 0 Å². The van der Waals surface area contributed by atoms with Gasteiger partial charge in [-0.1, -0.05) is 6.07 Å². The number of nitrogens with two attached hydrogens (primary N) is 1. The van der Waals surface area contributed by atoms with E-state index in [9.17, 15) is 0 Å². The fourth-order valence-electron chi connectivity index (χ4n) is 1.71. The molecule has 0 aliphatic heterocycles. The molecule has 1 aromatic carbocycles. The maximum atomic E-state index is 5.65. The second-order valence-corrected chi connectivity index (χ2v) is 4.23. The maximum Gasteiger partial charge on any atom is 0.295 e. The number of hydrogen-bond donors (Lipinski definition) is 2. The summed E-state index contributed by atoms with van der Waals surface area (Å²) in [7, 11) is 0. The molecule has 0 saturated heterocycles. The quantitative estimate of drug-likeness (QED) is 0.830. The van der Waals surface area contributed by atoms with Gasteiger partial charge in [0.2, 0.25) is 0 Å². The Morgan fingerprint density at radius 1 is 1.44 bits per heavy atom. The van der Waals surface area contributed by atoms with Gasteiger partial charge in [0.1, 0.15) is 5.52 Å². The van der Waals surface area contributed by atoms with Gasteiger partial charge in [-0.15, -0.1) is 0 Å². The molecule has 2 rings (SSSR count). The van der Waals surface area contributed by atoms with Crippen LogP contribution in [0.5, 0.6) is 0 Å². The van der Waals surface area contributed by atoms with Crippen LogP contribution in [0, 0.1) is 13.8 Å². The van der Waals surface area contributed by atoms with E-state index in [0.717, 1.165) is 16.7 Å². The molecule has 1 aromatic heterocycles. The average Bonchev–Trinajstić information content (AvgIpc) is 2.60. The lowest BCUT2D eigenvalue weighted by molar-refractivity contribution is 0.598. The fourth-order valence-corrected chi connectivity index (χ4v) is 1.71. The number of anilines is 1. The van der Waals surface area contributed by atoms with Crippen LogP contribution < -0.4 is 11.1 Å².